The molecule has 2 atom stereocenters. The van der Waals surface area contributed by atoms with Crippen LogP contribution in [0.5, 0.6) is 0 Å². The van der Waals surface area contributed by atoms with Gasteiger partial charge in [-0.1, -0.05) is 6.92 Å². The van der Waals surface area contributed by atoms with Gasteiger partial charge in [-0.15, -0.1) is 0 Å². The van der Waals surface area contributed by atoms with Gasteiger partial charge in [0.25, 0.3) is 0 Å². The number of rotatable bonds is 3. The molecular formula is C12H23NO2. The van der Waals surface area contributed by atoms with Crippen LogP contribution in [0.3, 0.4) is 0 Å². The van der Waals surface area contributed by atoms with Crippen LogP contribution in [0.25, 0.3) is 0 Å². The summed E-state index contributed by atoms with van der Waals surface area (Å²) in [6.45, 7) is 5.14. The lowest BCUT2D eigenvalue weighted by molar-refractivity contribution is 0.0205. The maximum atomic E-state index is 9.72. The zero-order valence-electron chi connectivity index (χ0n) is 9.67. The smallest absolute Gasteiger partial charge is 0.0693 e. The summed E-state index contributed by atoms with van der Waals surface area (Å²) in [4.78, 5) is 0. The summed E-state index contributed by atoms with van der Waals surface area (Å²) >= 11 is 0. The van der Waals surface area contributed by atoms with E-state index in [-0.39, 0.29) is 6.10 Å². The van der Waals surface area contributed by atoms with Crippen molar-refractivity contribution >= 4 is 0 Å². The maximum absolute atomic E-state index is 9.72. The van der Waals surface area contributed by atoms with Gasteiger partial charge in [0.05, 0.1) is 6.10 Å². The van der Waals surface area contributed by atoms with Gasteiger partial charge < -0.3 is 15.2 Å². The Labute approximate surface area is 92.2 Å². The topological polar surface area (TPSA) is 41.5 Å². The molecule has 3 heteroatoms. The second-order valence-electron chi connectivity index (χ2n) is 5.41. The Morgan fingerprint density at radius 2 is 2.07 bits per heavy atom. The Balaban J connectivity index is 1.76. The van der Waals surface area contributed by atoms with Crippen LogP contribution in [0, 0.1) is 5.41 Å². The molecule has 0 amide bonds. The molecule has 15 heavy (non-hydrogen) atoms. The zero-order chi connectivity index (χ0) is 10.7. The van der Waals surface area contributed by atoms with E-state index in [1.807, 2.05) is 0 Å². The minimum atomic E-state index is -0.117. The van der Waals surface area contributed by atoms with Crippen LogP contribution < -0.4 is 5.32 Å². The van der Waals surface area contributed by atoms with Crippen LogP contribution in [0.15, 0.2) is 0 Å². The fourth-order valence-electron chi connectivity index (χ4n) is 2.60. The summed E-state index contributed by atoms with van der Waals surface area (Å²) in [5, 5.41) is 13.3. The molecule has 0 radical (unpaired) electrons. The first kappa shape index (κ1) is 11.4. The number of hydrogen-bond donors (Lipinski definition) is 2. The highest BCUT2D eigenvalue weighted by molar-refractivity contribution is 4.86. The van der Waals surface area contributed by atoms with Crippen molar-refractivity contribution in [3.8, 4) is 0 Å². The fourth-order valence-corrected chi connectivity index (χ4v) is 2.60. The van der Waals surface area contributed by atoms with E-state index in [0.29, 0.717) is 11.5 Å². The third-order valence-corrected chi connectivity index (χ3v) is 3.97. The molecule has 2 rings (SSSR count). The van der Waals surface area contributed by atoms with E-state index in [9.17, 15) is 5.11 Å². The summed E-state index contributed by atoms with van der Waals surface area (Å²) in [6.07, 6.45) is 5.43. The van der Waals surface area contributed by atoms with Crippen molar-refractivity contribution < 1.29 is 9.84 Å². The summed E-state index contributed by atoms with van der Waals surface area (Å²) in [5.41, 5.74) is 0.376. The SMILES string of the molecule is CC1(CN[C@@H]2CCC[C@H]2O)CCOCC1. The average molecular weight is 213 g/mol. The standard InChI is InChI=1S/C12H23NO2/c1-12(5-7-15-8-6-12)9-13-10-3-2-4-11(10)14/h10-11,13-14H,2-9H2,1H3/t10-,11-/m1/s1. The van der Waals surface area contributed by atoms with Gasteiger partial charge in [-0.2, -0.15) is 0 Å². The lowest BCUT2D eigenvalue weighted by Crippen LogP contribution is -2.44. The molecule has 0 spiro atoms. The number of hydrogen-bond acceptors (Lipinski definition) is 3. The molecule has 1 aliphatic carbocycles. The fraction of sp³-hybridized carbons (Fsp3) is 1.00. The van der Waals surface area contributed by atoms with Crippen LogP contribution in [0.1, 0.15) is 39.0 Å². The monoisotopic (exact) mass is 213 g/mol. The Kier molecular flexibility index (Phi) is 3.65. The summed E-state index contributed by atoms with van der Waals surface area (Å²) in [6, 6.07) is 0.338. The molecule has 88 valence electrons. The van der Waals surface area contributed by atoms with Gasteiger partial charge in [0.2, 0.25) is 0 Å². The number of nitrogens with one attached hydrogen (secondary N) is 1. The molecule has 1 saturated carbocycles. The van der Waals surface area contributed by atoms with Gasteiger partial charge in [-0.05, 0) is 37.5 Å². The number of aliphatic hydroxyl groups excluding tert-OH is 1. The molecule has 0 aromatic carbocycles. The molecule has 0 aromatic rings. The Hall–Kier alpha value is -0.120. The van der Waals surface area contributed by atoms with Crippen LogP contribution >= 0.6 is 0 Å². The summed E-state index contributed by atoms with van der Waals surface area (Å²) < 4.78 is 5.38. The third-order valence-electron chi connectivity index (χ3n) is 3.97. The molecule has 2 fully saturated rings. The minimum absolute atomic E-state index is 0.117. The molecule has 3 nitrogen and oxygen atoms in total. The van der Waals surface area contributed by atoms with E-state index in [2.05, 4.69) is 12.2 Å². The normalized spacial score (nSPS) is 35.6. The molecular weight excluding hydrogens is 190 g/mol. The highest BCUT2D eigenvalue weighted by atomic mass is 16.5. The Bertz CT molecular complexity index is 202. The molecule has 1 saturated heterocycles. The van der Waals surface area contributed by atoms with Crippen molar-refractivity contribution in [3.63, 3.8) is 0 Å². The third kappa shape index (κ3) is 2.92. The summed E-state index contributed by atoms with van der Waals surface area (Å²) in [7, 11) is 0. The van der Waals surface area contributed by atoms with Crippen LogP contribution in [-0.2, 0) is 4.74 Å². The van der Waals surface area contributed by atoms with Crippen molar-refractivity contribution in [1.29, 1.82) is 0 Å². The van der Waals surface area contributed by atoms with Crippen molar-refractivity contribution in [2.45, 2.75) is 51.2 Å². The quantitative estimate of drug-likeness (QED) is 0.742. The van der Waals surface area contributed by atoms with Crippen molar-refractivity contribution in [3.05, 3.63) is 0 Å². The molecule has 0 aromatic heterocycles. The van der Waals surface area contributed by atoms with Gasteiger partial charge >= 0.3 is 0 Å². The first-order chi connectivity index (χ1) is 7.20. The molecule has 0 unspecified atom stereocenters. The lowest BCUT2D eigenvalue weighted by atomic mass is 9.82. The first-order valence-corrected chi connectivity index (χ1v) is 6.19. The summed E-state index contributed by atoms with van der Waals surface area (Å²) in [5.74, 6) is 0. The van der Waals surface area contributed by atoms with E-state index in [1.165, 1.54) is 6.42 Å². The zero-order valence-corrected chi connectivity index (χ0v) is 9.67. The maximum Gasteiger partial charge on any atom is 0.0693 e. The van der Waals surface area contributed by atoms with Gasteiger partial charge in [0, 0.05) is 25.8 Å². The second kappa shape index (κ2) is 4.81. The van der Waals surface area contributed by atoms with E-state index in [4.69, 9.17) is 4.74 Å². The van der Waals surface area contributed by atoms with Crippen LogP contribution in [-0.4, -0.2) is 37.0 Å². The predicted molar refractivity (Wildman–Crippen MR) is 59.8 cm³/mol. The molecule has 0 bridgehead atoms. The van der Waals surface area contributed by atoms with Crippen molar-refractivity contribution in [2.24, 2.45) is 5.41 Å². The van der Waals surface area contributed by atoms with Gasteiger partial charge in [-0.25, -0.2) is 0 Å². The van der Waals surface area contributed by atoms with Crippen molar-refractivity contribution in [2.75, 3.05) is 19.8 Å². The highest BCUT2D eigenvalue weighted by Crippen LogP contribution is 2.29. The van der Waals surface area contributed by atoms with Gasteiger partial charge in [0.15, 0.2) is 0 Å². The minimum Gasteiger partial charge on any atom is -0.392 e. The predicted octanol–water partition coefficient (Wildman–Crippen LogP) is 1.31. The van der Waals surface area contributed by atoms with Crippen LogP contribution in [0.2, 0.25) is 0 Å². The number of ether oxygens (including phenoxy) is 1. The molecule has 2 aliphatic rings. The average Bonchev–Trinajstić information content (AvgIpc) is 2.62. The Morgan fingerprint density at radius 1 is 1.33 bits per heavy atom. The highest BCUT2D eigenvalue weighted by Gasteiger charge is 2.30. The number of aliphatic hydroxyl groups is 1. The van der Waals surface area contributed by atoms with Gasteiger partial charge in [-0.3, -0.25) is 0 Å². The van der Waals surface area contributed by atoms with Crippen molar-refractivity contribution in [1.82, 2.24) is 5.32 Å². The van der Waals surface area contributed by atoms with E-state index in [1.54, 1.807) is 0 Å². The first-order valence-electron chi connectivity index (χ1n) is 6.19. The van der Waals surface area contributed by atoms with E-state index in [0.717, 1.165) is 45.4 Å². The largest absolute Gasteiger partial charge is 0.392 e. The molecule has 1 heterocycles. The van der Waals surface area contributed by atoms with E-state index < -0.39 is 0 Å². The van der Waals surface area contributed by atoms with Gasteiger partial charge in [0.1, 0.15) is 0 Å². The lowest BCUT2D eigenvalue weighted by Gasteiger charge is -2.35. The van der Waals surface area contributed by atoms with E-state index >= 15 is 0 Å². The molecule has 1 aliphatic heterocycles. The van der Waals surface area contributed by atoms with Crippen LogP contribution in [0.4, 0.5) is 0 Å². The second-order valence-corrected chi connectivity index (χ2v) is 5.41. The molecule has 2 N–H and O–H groups in total. The Morgan fingerprint density at radius 3 is 2.67 bits per heavy atom.